The van der Waals surface area contributed by atoms with Crippen molar-refractivity contribution in [1.29, 1.82) is 0 Å². The molecule has 2 aromatic rings. The zero-order valence-corrected chi connectivity index (χ0v) is 15.9. The monoisotopic (exact) mass is 391 g/mol. The van der Waals surface area contributed by atoms with E-state index in [1.807, 2.05) is 11.4 Å². The molecule has 3 heterocycles. The first-order valence-electron chi connectivity index (χ1n) is 8.65. The Morgan fingerprint density at radius 3 is 2.85 bits per heavy atom. The Morgan fingerprint density at radius 2 is 2.08 bits per heavy atom. The van der Waals surface area contributed by atoms with Crippen LogP contribution in [0.3, 0.4) is 0 Å². The minimum absolute atomic E-state index is 0.000906. The van der Waals surface area contributed by atoms with E-state index in [-0.39, 0.29) is 16.8 Å². The Kier molecular flexibility index (Phi) is 4.60. The number of nitrogens with zero attached hydrogens (tertiary/aromatic N) is 2. The number of benzene rings is 1. The van der Waals surface area contributed by atoms with E-state index in [0.29, 0.717) is 31.7 Å². The highest BCUT2D eigenvalue weighted by atomic mass is 32.2. The maximum absolute atomic E-state index is 13.1. The molecule has 6 nitrogen and oxygen atoms in total. The molecule has 1 amide bonds. The number of carbonyl (C=O) groups is 1. The zero-order valence-electron chi connectivity index (χ0n) is 14.3. The molecule has 0 spiro atoms. The van der Waals surface area contributed by atoms with Crippen molar-refractivity contribution in [2.75, 3.05) is 19.6 Å². The number of nitrogens with two attached hydrogens (primary N) is 1. The molecular formula is C18H21N3O3S2. The quantitative estimate of drug-likeness (QED) is 0.863. The van der Waals surface area contributed by atoms with Crippen LogP contribution in [0, 0.1) is 0 Å². The molecule has 1 fully saturated rings. The first-order chi connectivity index (χ1) is 12.4. The lowest BCUT2D eigenvalue weighted by Gasteiger charge is -2.26. The maximum atomic E-state index is 13.1. The normalized spacial score (nSPS) is 21.0. The van der Waals surface area contributed by atoms with E-state index in [1.54, 1.807) is 34.4 Å². The van der Waals surface area contributed by atoms with Crippen molar-refractivity contribution in [2.45, 2.75) is 30.3 Å². The second kappa shape index (κ2) is 6.77. The van der Waals surface area contributed by atoms with Gasteiger partial charge in [0.15, 0.2) is 0 Å². The molecule has 2 N–H and O–H groups in total. The number of hydrogen-bond acceptors (Lipinski definition) is 5. The van der Waals surface area contributed by atoms with E-state index < -0.39 is 10.0 Å². The van der Waals surface area contributed by atoms with E-state index in [2.05, 4.69) is 0 Å². The first kappa shape index (κ1) is 17.7. The van der Waals surface area contributed by atoms with Crippen LogP contribution in [0.25, 0.3) is 0 Å². The second-order valence-corrected chi connectivity index (χ2v) is 9.72. The molecular weight excluding hydrogens is 370 g/mol. The van der Waals surface area contributed by atoms with Gasteiger partial charge in [0.25, 0.3) is 5.91 Å². The highest BCUT2D eigenvalue weighted by molar-refractivity contribution is 7.89. The molecule has 0 bridgehead atoms. The molecule has 4 rings (SSSR count). The lowest BCUT2D eigenvalue weighted by atomic mass is 10.1. The molecule has 0 aliphatic carbocycles. The smallest absolute Gasteiger partial charge is 0.253 e. The van der Waals surface area contributed by atoms with Crippen molar-refractivity contribution in [1.82, 2.24) is 9.21 Å². The fraction of sp³-hybridized carbons (Fsp3) is 0.389. The summed E-state index contributed by atoms with van der Waals surface area (Å²) in [6.07, 6.45) is 1.51. The van der Waals surface area contributed by atoms with Crippen LogP contribution >= 0.6 is 11.3 Å². The van der Waals surface area contributed by atoms with E-state index in [9.17, 15) is 13.2 Å². The summed E-state index contributed by atoms with van der Waals surface area (Å²) in [6, 6.07) is 8.33. The van der Waals surface area contributed by atoms with Crippen molar-refractivity contribution in [3.63, 3.8) is 0 Å². The van der Waals surface area contributed by atoms with Gasteiger partial charge in [-0.3, -0.25) is 4.79 Å². The Bertz CT molecular complexity index is 939. The first-order valence-corrected chi connectivity index (χ1v) is 11.0. The molecule has 0 radical (unpaired) electrons. The molecule has 2 aliphatic rings. The number of likely N-dealkylation sites (tertiary alicyclic amines) is 1. The predicted octanol–water partition coefficient (Wildman–Crippen LogP) is 1.67. The molecule has 138 valence electrons. The van der Waals surface area contributed by atoms with Crippen LogP contribution in [-0.2, 0) is 23.0 Å². The third-order valence-corrected chi connectivity index (χ3v) is 7.87. The molecule has 26 heavy (non-hydrogen) atoms. The Balaban J connectivity index is 1.58. The number of hydrogen-bond donors (Lipinski definition) is 1. The fourth-order valence-corrected chi connectivity index (χ4v) is 5.88. The Morgan fingerprint density at radius 1 is 1.23 bits per heavy atom. The highest BCUT2D eigenvalue weighted by Crippen LogP contribution is 2.28. The van der Waals surface area contributed by atoms with E-state index >= 15 is 0 Å². The Hall–Kier alpha value is -1.74. The predicted molar refractivity (Wildman–Crippen MR) is 101 cm³/mol. The minimum atomic E-state index is -3.63. The van der Waals surface area contributed by atoms with Gasteiger partial charge in [-0.25, -0.2) is 8.42 Å². The summed E-state index contributed by atoms with van der Waals surface area (Å²) in [4.78, 5) is 15.8. The van der Waals surface area contributed by atoms with Crippen LogP contribution in [-0.4, -0.2) is 49.2 Å². The number of rotatable bonds is 3. The maximum Gasteiger partial charge on any atom is 0.253 e. The van der Waals surface area contributed by atoms with Crippen LogP contribution < -0.4 is 5.73 Å². The van der Waals surface area contributed by atoms with Gasteiger partial charge in [-0.2, -0.15) is 4.31 Å². The molecule has 1 aromatic carbocycles. The number of amides is 1. The number of fused-ring (bicyclic) bond motifs is 1. The zero-order chi connectivity index (χ0) is 18.3. The molecule has 0 unspecified atom stereocenters. The van der Waals surface area contributed by atoms with Gasteiger partial charge < -0.3 is 10.6 Å². The number of sulfonamides is 1. The van der Waals surface area contributed by atoms with Crippen molar-refractivity contribution in [3.8, 4) is 0 Å². The fourth-order valence-electron chi connectivity index (χ4n) is 3.52. The summed E-state index contributed by atoms with van der Waals surface area (Å²) < 4.78 is 27.6. The summed E-state index contributed by atoms with van der Waals surface area (Å²) in [5, 5.41) is 2.00. The average Bonchev–Trinajstić information content (AvgIpc) is 3.29. The van der Waals surface area contributed by atoms with Gasteiger partial charge in [-0.05, 0) is 48.1 Å². The molecule has 1 atom stereocenters. The van der Waals surface area contributed by atoms with Gasteiger partial charge in [0.1, 0.15) is 0 Å². The van der Waals surface area contributed by atoms with Crippen molar-refractivity contribution in [2.24, 2.45) is 5.73 Å². The van der Waals surface area contributed by atoms with Gasteiger partial charge in [0.05, 0.1) is 4.90 Å². The standard InChI is InChI=1S/C18H21N3O3S2/c19-15-4-7-20(12-15)18(22)13-2-1-3-16(10-13)26(23,24)21-8-5-17-14(11-21)6-9-25-17/h1-3,6,9-10,15H,4-5,7-8,11-12,19H2/t15-/m0/s1. The van der Waals surface area contributed by atoms with Gasteiger partial charge in [0.2, 0.25) is 10.0 Å². The van der Waals surface area contributed by atoms with Gasteiger partial charge in [-0.1, -0.05) is 6.07 Å². The van der Waals surface area contributed by atoms with Gasteiger partial charge >= 0.3 is 0 Å². The molecule has 1 aromatic heterocycles. The largest absolute Gasteiger partial charge is 0.337 e. The third-order valence-electron chi connectivity index (χ3n) is 5.00. The van der Waals surface area contributed by atoms with Crippen LogP contribution in [0.4, 0.5) is 0 Å². The minimum Gasteiger partial charge on any atom is -0.337 e. The molecule has 0 saturated carbocycles. The summed E-state index contributed by atoms with van der Waals surface area (Å²) in [5.41, 5.74) is 7.34. The van der Waals surface area contributed by atoms with Crippen LogP contribution in [0.1, 0.15) is 27.2 Å². The summed E-state index contributed by atoms with van der Waals surface area (Å²) in [5.74, 6) is -0.159. The van der Waals surface area contributed by atoms with Crippen molar-refractivity contribution < 1.29 is 13.2 Å². The van der Waals surface area contributed by atoms with E-state index in [0.717, 1.165) is 18.4 Å². The van der Waals surface area contributed by atoms with Crippen LogP contribution in [0.15, 0.2) is 40.6 Å². The Labute approximate surface area is 157 Å². The van der Waals surface area contributed by atoms with Crippen LogP contribution in [0.2, 0.25) is 0 Å². The second-order valence-electron chi connectivity index (χ2n) is 6.79. The topological polar surface area (TPSA) is 83.7 Å². The third kappa shape index (κ3) is 3.18. The lowest BCUT2D eigenvalue weighted by molar-refractivity contribution is 0.0790. The summed E-state index contributed by atoms with van der Waals surface area (Å²) in [6.45, 7) is 1.99. The van der Waals surface area contributed by atoms with Crippen molar-refractivity contribution in [3.05, 3.63) is 51.7 Å². The van der Waals surface area contributed by atoms with Gasteiger partial charge in [0, 0.05) is 42.7 Å². The average molecular weight is 392 g/mol. The highest BCUT2D eigenvalue weighted by Gasteiger charge is 2.30. The molecule has 1 saturated heterocycles. The lowest BCUT2D eigenvalue weighted by Crippen LogP contribution is -2.35. The summed E-state index contributed by atoms with van der Waals surface area (Å²) >= 11 is 1.67. The van der Waals surface area contributed by atoms with E-state index in [1.165, 1.54) is 15.2 Å². The number of thiophene rings is 1. The SMILES string of the molecule is N[C@H]1CCN(C(=O)c2cccc(S(=O)(=O)N3CCc4sccc4C3)c2)C1. The molecule has 2 aliphatic heterocycles. The summed E-state index contributed by atoms with van der Waals surface area (Å²) in [7, 11) is -3.63. The van der Waals surface area contributed by atoms with Crippen LogP contribution in [0.5, 0.6) is 0 Å². The van der Waals surface area contributed by atoms with E-state index in [4.69, 9.17) is 5.73 Å². The van der Waals surface area contributed by atoms with Gasteiger partial charge in [-0.15, -0.1) is 11.3 Å². The number of carbonyl (C=O) groups excluding carboxylic acids is 1. The molecule has 8 heteroatoms. The van der Waals surface area contributed by atoms with Crippen molar-refractivity contribution >= 4 is 27.3 Å².